The Morgan fingerprint density at radius 2 is 2.20 bits per heavy atom. The third kappa shape index (κ3) is 2.52. The van der Waals surface area contributed by atoms with Crippen molar-refractivity contribution in [3.8, 4) is 5.75 Å². The Morgan fingerprint density at radius 1 is 1.45 bits per heavy atom. The topological polar surface area (TPSA) is 49.8 Å². The van der Waals surface area contributed by atoms with E-state index in [9.17, 15) is 4.79 Å². The molecule has 0 amide bonds. The molecule has 1 fully saturated rings. The molecule has 4 heteroatoms. The van der Waals surface area contributed by atoms with Gasteiger partial charge in [0.15, 0.2) is 0 Å². The fourth-order valence-corrected chi connectivity index (χ4v) is 3.19. The van der Waals surface area contributed by atoms with Gasteiger partial charge in [-0.25, -0.2) is 0 Å². The highest BCUT2D eigenvalue weighted by Gasteiger charge is 2.36. The minimum Gasteiger partial charge on any atom is -0.493 e. The summed E-state index contributed by atoms with van der Waals surface area (Å²) in [6.07, 6.45) is 1.05. The fourth-order valence-electron chi connectivity index (χ4n) is 3.19. The zero-order valence-corrected chi connectivity index (χ0v) is 11.8. The lowest BCUT2D eigenvalue weighted by molar-refractivity contribution is -0.145. The molecule has 1 aromatic carbocycles. The van der Waals surface area contributed by atoms with Gasteiger partial charge in [0.25, 0.3) is 0 Å². The van der Waals surface area contributed by atoms with Gasteiger partial charge in [-0.15, -0.1) is 0 Å². The second kappa shape index (κ2) is 5.44. The predicted octanol–water partition coefficient (Wildman–Crippen LogP) is 2.21. The molecule has 1 N–H and O–H groups in total. The Kier molecular flexibility index (Phi) is 3.66. The van der Waals surface area contributed by atoms with Crippen LogP contribution in [0.5, 0.6) is 5.75 Å². The molecule has 2 heterocycles. The highest BCUT2D eigenvalue weighted by molar-refractivity contribution is 5.70. The van der Waals surface area contributed by atoms with Gasteiger partial charge in [0, 0.05) is 25.6 Å². The third-order valence-electron chi connectivity index (χ3n) is 4.64. The lowest BCUT2D eigenvalue weighted by Crippen LogP contribution is -2.52. The first-order chi connectivity index (χ1) is 9.65. The first-order valence-electron chi connectivity index (χ1n) is 7.32. The van der Waals surface area contributed by atoms with Crippen molar-refractivity contribution in [3.63, 3.8) is 0 Å². The molecule has 2 atom stereocenters. The van der Waals surface area contributed by atoms with Crippen molar-refractivity contribution in [2.24, 2.45) is 11.8 Å². The van der Waals surface area contributed by atoms with E-state index in [1.807, 2.05) is 19.1 Å². The van der Waals surface area contributed by atoms with Crippen LogP contribution in [0.15, 0.2) is 24.3 Å². The Balaban J connectivity index is 1.58. The average molecular weight is 275 g/mol. The maximum absolute atomic E-state index is 11.0. The van der Waals surface area contributed by atoms with Gasteiger partial charge in [0.1, 0.15) is 5.75 Å². The molecule has 0 saturated carbocycles. The van der Waals surface area contributed by atoms with Crippen LogP contribution in [-0.4, -0.2) is 42.2 Å². The van der Waals surface area contributed by atoms with E-state index in [-0.39, 0.29) is 5.92 Å². The molecule has 1 aromatic rings. The van der Waals surface area contributed by atoms with Gasteiger partial charge in [0.2, 0.25) is 0 Å². The average Bonchev–Trinajstić information content (AvgIpc) is 2.41. The Bertz CT molecular complexity index is 496. The van der Waals surface area contributed by atoms with Crippen molar-refractivity contribution in [2.45, 2.75) is 19.3 Å². The normalized spacial score (nSPS) is 24.4. The van der Waals surface area contributed by atoms with Gasteiger partial charge in [-0.3, -0.25) is 4.79 Å². The van der Waals surface area contributed by atoms with Crippen molar-refractivity contribution in [1.29, 1.82) is 0 Å². The number of carbonyl (C=O) groups is 1. The number of fused-ring (bicyclic) bond motifs is 1. The van der Waals surface area contributed by atoms with Gasteiger partial charge in [0.05, 0.1) is 12.5 Å². The molecule has 4 nitrogen and oxygen atoms in total. The lowest BCUT2D eigenvalue weighted by Gasteiger charge is -2.43. The Labute approximate surface area is 119 Å². The zero-order chi connectivity index (χ0) is 14.1. The molecule has 0 radical (unpaired) electrons. The number of likely N-dealkylation sites (tertiary alicyclic amines) is 1. The molecule has 0 bridgehead atoms. The second-order valence-corrected chi connectivity index (χ2v) is 5.98. The number of hydrogen-bond donors (Lipinski definition) is 1. The molecule has 0 aromatic heterocycles. The van der Waals surface area contributed by atoms with Crippen molar-refractivity contribution in [3.05, 3.63) is 29.8 Å². The summed E-state index contributed by atoms with van der Waals surface area (Å²) in [5.74, 6) is 0.933. The molecule has 2 aliphatic rings. The molecule has 108 valence electrons. The van der Waals surface area contributed by atoms with Crippen LogP contribution in [0.2, 0.25) is 0 Å². The number of benzene rings is 1. The standard InChI is InChI=1S/C16H21NO3/c1-11(16(18)19)13-9-17(10-13)8-12-6-7-20-15-5-3-2-4-14(12)15/h2-5,11-13H,6-10H2,1H3,(H,18,19). The molecule has 2 aliphatic heterocycles. The SMILES string of the molecule is CC(C(=O)O)C1CN(CC2CCOc3ccccc32)C1. The molecule has 20 heavy (non-hydrogen) atoms. The van der Waals surface area contributed by atoms with Crippen molar-refractivity contribution < 1.29 is 14.6 Å². The van der Waals surface area contributed by atoms with Gasteiger partial charge >= 0.3 is 5.97 Å². The van der Waals surface area contributed by atoms with Crippen molar-refractivity contribution in [1.82, 2.24) is 4.90 Å². The molecule has 3 rings (SSSR count). The summed E-state index contributed by atoms with van der Waals surface area (Å²) >= 11 is 0. The summed E-state index contributed by atoms with van der Waals surface area (Å²) in [6.45, 7) is 5.43. The maximum atomic E-state index is 11.0. The van der Waals surface area contributed by atoms with Gasteiger partial charge in [-0.05, 0) is 24.0 Å². The van der Waals surface area contributed by atoms with Gasteiger partial charge in [-0.2, -0.15) is 0 Å². The number of aliphatic carboxylic acids is 1. The maximum Gasteiger partial charge on any atom is 0.306 e. The molecular weight excluding hydrogens is 254 g/mol. The quantitative estimate of drug-likeness (QED) is 0.915. The van der Waals surface area contributed by atoms with E-state index in [0.717, 1.165) is 38.4 Å². The van der Waals surface area contributed by atoms with E-state index in [4.69, 9.17) is 9.84 Å². The molecular formula is C16H21NO3. The van der Waals surface area contributed by atoms with Crippen LogP contribution in [0.1, 0.15) is 24.8 Å². The van der Waals surface area contributed by atoms with Gasteiger partial charge in [-0.1, -0.05) is 25.1 Å². The van der Waals surface area contributed by atoms with E-state index < -0.39 is 5.97 Å². The number of rotatable bonds is 4. The lowest BCUT2D eigenvalue weighted by atomic mass is 9.85. The number of para-hydroxylation sites is 1. The van der Waals surface area contributed by atoms with Crippen LogP contribution in [-0.2, 0) is 4.79 Å². The van der Waals surface area contributed by atoms with Crippen LogP contribution < -0.4 is 4.74 Å². The summed E-state index contributed by atoms with van der Waals surface area (Å²) in [5, 5.41) is 9.02. The molecule has 0 spiro atoms. The summed E-state index contributed by atoms with van der Waals surface area (Å²) in [7, 11) is 0. The summed E-state index contributed by atoms with van der Waals surface area (Å²) < 4.78 is 5.68. The number of nitrogens with zero attached hydrogens (tertiary/aromatic N) is 1. The number of carboxylic acid groups (broad SMARTS) is 1. The monoisotopic (exact) mass is 275 g/mol. The number of ether oxygens (including phenoxy) is 1. The Hall–Kier alpha value is -1.55. The minimum absolute atomic E-state index is 0.228. The summed E-state index contributed by atoms with van der Waals surface area (Å²) in [4.78, 5) is 13.3. The van der Waals surface area contributed by atoms with Crippen LogP contribution in [0, 0.1) is 11.8 Å². The summed E-state index contributed by atoms with van der Waals surface area (Å²) in [5.41, 5.74) is 1.30. The van der Waals surface area contributed by atoms with Crippen molar-refractivity contribution in [2.75, 3.05) is 26.2 Å². The van der Waals surface area contributed by atoms with Gasteiger partial charge < -0.3 is 14.7 Å². The first kappa shape index (κ1) is 13.4. The molecule has 1 saturated heterocycles. The first-order valence-corrected chi connectivity index (χ1v) is 7.32. The van der Waals surface area contributed by atoms with Crippen LogP contribution in [0.25, 0.3) is 0 Å². The third-order valence-corrected chi connectivity index (χ3v) is 4.64. The highest BCUT2D eigenvalue weighted by Crippen LogP contribution is 2.35. The van der Waals surface area contributed by atoms with E-state index in [0.29, 0.717) is 11.8 Å². The zero-order valence-electron chi connectivity index (χ0n) is 11.8. The van der Waals surface area contributed by atoms with E-state index >= 15 is 0 Å². The fraction of sp³-hybridized carbons (Fsp3) is 0.562. The summed E-state index contributed by atoms with van der Waals surface area (Å²) in [6, 6.07) is 8.25. The van der Waals surface area contributed by atoms with Crippen LogP contribution in [0.4, 0.5) is 0 Å². The minimum atomic E-state index is -0.675. The van der Waals surface area contributed by atoms with E-state index in [2.05, 4.69) is 17.0 Å². The smallest absolute Gasteiger partial charge is 0.306 e. The van der Waals surface area contributed by atoms with Crippen LogP contribution >= 0.6 is 0 Å². The predicted molar refractivity (Wildman–Crippen MR) is 76.0 cm³/mol. The van der Waals surface area contributed by atoms with E-state index in [1.165, 1.54) is 5.56 Å². The largest absolute Gasteiger partial charge is 0.493 e. The van der Waals surface area contributed by atoms with Crippen LogP contribution in [0.3, 0.4) is 0 Å². The molecule has 2 unspecified atom stereocenters. The van der Waals surface area contributed by atoms with E-state index in [1.54, 1.807) is 0 Å². The van der Waals surface area contributed by atoms with Crippen molar-refractivity contribution >= 4 is 5.97 Å². The Morgan fingerprint density at radius 3 is 2.95 bits per heavy atom. The molecule has 0 aliphatic carbocycles. The number of carboxylic acids is 1. The highest BCUT2D eigenvalue weighted by atomic mass is 16.5. The second-order valence-electron chi connectivity index (χ2n) is 5.98. The number of hydrogen-bond acceptors (Lipinski definition) is 3.